The van der Waals surface area contributed by atoms with Crippen molar-refractivity contribution in [2.45, 2.75) is 81.4 Å². The highest BCUT2D eigenvalue weighted by Crippen LogP contribution is 2.45. The molecule has 51 heavy (non-hydrogen) atoms. The number of aliphatic hydroxyl groups is 1. The lowest BCUT2D eigenvalue weighted by molar-refractivity contribution is -0.172. The minimum atomic E-state index is -0.901. The first kappa shape index (κ1) is 33.5. The second-order valence-corrected chi connectivity index (χ2v) is 14.2. The van der Waals surface area contributed by atoms with Crippen molar-refractivity contribution in [3.8, 4) is 0 Å². The molecule has 2 saturated heterocycles. The van der Waals surface area contributed by atoms with Crippen LogP contribution in [0.25, 0.3) is 6.08 Å². The Morgan fingerprint density at radius 2 is 1.69 bits per heavy atom. The van der Waals surface area contributed by atoms with Gasteiger partial charge in [-0.05, 0) is 77.8 Å². The van der Waals surface area contributed by atoms with E-state index in [4.69, 9.17) is 24.1 Å². The molecule has 5 aliphatic rings. The van der Waals surface area contributed by atoms with E-state index in [1.807, 2.05) is 30.3 Å². The average molecular weight is 691 g/mol. The number of hydrogen-bond donors (Lipinski definition) is 3. The van der Waals surface area contributed by atoms with Gasteiger partial charge in [-0.2, -0.15) is 0 Å². The van der Waals surface area contributed by atoms with Crippen molar-refractivity contribution in [3.05, 3.63) is 124 Å². The number of fused-ring (bicyclic) bond motifs is 3. The third-order valence-corrected chi connectivity index (χ3v) is 10.6. The quantitative estimate of drug-likeness (QED) is 0.210. The Kier molecular flexibility index (Phi) is 9.33. The largest absolute Gasteiger partial charge is 0.456 e. The Hall–Kier alpha value is -4.61. The number of amides is 2. The van der Waals surface area contributed by atoms with Crippen molar-refractivity contribution in [2.24, 2.45) is 5.92 Å². The molecule has 3 aromatic carbocycles. The maximum Gasteiger partial charge on any atom is 0.338 e. The standard InChI is InChI=1S/C41H42N2O8/c44-17-16-42-38(45)29-7-3-4-27(18-29)24-43-39(46)32-20-35(37-36(21-32)50-41(51-37)22-30-5-1-2-6-31(30)23-41)49-40(47)28-13-10-25(11-14-28)8-9-26-12-15-33-34(19-26)48-33/h1-11,13-14,18,21,26,33-37,44H,12,15-17,19-20,22-24H2,(H,42,45)(H,43,46). The van der Waals surface area contributed by atoms with Crippen molar-refractivity contribution in [1.29, 1.82) is 0 Å². The molecule has 3 aromatic rings. The number of benzene rings is 3. The Morgan fingerprint density at radius 1 is 0.882 bits per heavy atom. The summed E-state index contributed by atoms with van der Waals surface area (Å²) in [5, 5.41) is 14.6. The molecule has 264 valence electrons. The normalized spacial score (nSPS) is 26.9. The Balaban J connectivity index is 0.957. The molecular formula is C41H42N2O8. The lowest BCUT2D eigenvalue weighted by Gasteiger charge is -2.30. The number of rotatable bonds is 10. The number of nitrogens with one attached hydrogen (secondary N) is 2. The van der Waals surface area contributed by atoms with Gasteiger partial charge >= 0.3 is 5.97 Å². The van der Waals surface area contributed by atoms with E-state index < -0.39 is 30.1 Å². The first-order valence-corrected chi connectivity index (χ1v) is 17.9. The van der Waals surface area contributed by atoms with E-state index in [0.717, 1.165) is 41.5 Å². The zero-order valence-corrected chi connectivity index (χ0v) is 28.3. The van der Waals surface area contributed by atoms with Crippen molar-refractivity contribution in [3.63, 3.8) is 0 Å². The van der Waals surface area contributed by atoms with Crippen LogP contribution in [0, 0.1) is 5.92 Å². The first-order valence-electron chi connectivity index (χ1n) is 17.9. The second-order valence-electron chi connectivity index (χ2n) is 14.2. The van der Waals surface area contributed by atoms with Crippen LogP contribution in [0.1, 0.15) is 68.7 Å². The molecule has 10 heteroatoms. The molecule has 0 aromatic heterocycles. The average Bonchev–Trinajstić information content (AvgIpc) is 3.71. The van der Waals surface area contributed by atoms with Gasteiger partial charge in [-0.25, -0.2) is 4.79 Å². The number of allylic oxidation sites excluding steroid dienone is 1. The highest BCUT2D eigenvalue weighted by molar-refractivity contribution is 5.95. The molecule has 6 unspecified atom stereocenters. The molecule has 3 fully saturated rings. The summed E-state index contributed by atoms with van der Waals surface area (Å²) >= 11 is 0. The number of carbonyl (C=O) groups is 3. The van der Waals surface area contributed by atoms with Crippen LogP contribution in [0.2, 0.25) is 0 Å². The van der Waals surface area contributed by atoms with E-state index >= 15 is 0 Å². The van der Waals surface area contributed by atoms with Crippen molar-refractivity contribution < 1.29 is 38.4 Å². The Morgan fingerprint density at radius 3 is 2.45 bits per heavy atom. The van der Waals surface area contributed by atoms with E-state index in [1.165, 1.54) is 0 Å². The fourth-order valence-electron chi connectivity index (χ4n) is 7.85. The minimum absolute atomic E-state index is 0.154. The number of ether oxygens (including phenoxy) is 4. The molecule has 1 saturated carbocycles. The van der Waals surface area contributed by atoms with Gasteiger partial charge < -0.3 is 34.7 Å². The molecule has 1 spiro atoms. The van der Waals surface area contributed by atoms with Crippen LogP contribution in [0.3, 0.4) is 0 Å². The summed E-state index contributed by atoms with van der Waals surface area (Å²) in [6.45, 7) is 0.184. The molecule has 2 aliphatic heterocycles. The predicted molar refractivity (Wildman–Crippen MR) is 187 cm³/mol. The molecule has 0 bridgehead atoms. The molecule has 10 nitrogen and oxygen atoms in total. The van der Waals surface area contributed by atoms with Crippen LogP contribution in [-0.4, -0.2) is 72.3 Å². The molecule has 3 aliphatic carbocycles. The fourth-order valence-corrected chi connectivity index (χ4v) is 7.85. The van der Waals surface area contributed by atoms with Crippen LogP contribution in [0.15, 0.2) is 90.5 Å². The molecule has 8 rings (SSSR count). The zero-order valence-electron chi connectivity index (χ0n) is 28.3. The monoisotopic (exact) mass is 690 g/mol. The van der Waals surface area contributed by atoms with Gasteiger partial charge in [0.1, 0.15) is 18.3 Å². The molecular weight excluding hydrogens is 648 g/mol. The van der Waals surface area contributed by atoms with Crippen LogP contribution < -0.4 is 10.6 Å². The highest BCUT2D eigenvalue weighted by atomic mass is 16.8. The zero-order chi connectivity index (χ0) is 35.0. The molecule has 3 N–H and O–H groups in total. The molecule has 2 heterocycles. The first-order chi connectivity index (χ1) is 24.8. The lowest BCUT2D eigenvalue weighted by Crippen LogP contribution is -2.43. The van der Waals surface area contributed by atoms with Crippen LogP contribution in [0.5, 0.6) is 0 Å². The van der Waals surface area contributed by atoms with Gasteiger partial charge in [-0.1, -0.05) is 60.7 Å². The summed E-state index contributed by atoms with van der Waals surface area (Å²) in [6, 6.07) is 22.5. The van der Waals surface area contributed by atoms with Crippen molar-refractivity contribution in [2.75, 3.05) is 13.2 Å². The maximum atomic E-state index is 13.6. The summed E-state index contributed by atoms with van der Waals surface area (Å²) in [7, 11) is 0. The minimum Gasteiger partial charge on any atom is -0.456 e. The molecule has 0 radical (unpaired) electrons. The number of esters is 1. The summed E-state index contributed by atoms with van der Waals surface area (Å²) < 4.78 is 25.0. The van der Waals surface area contributed by atoms with Crippen LogP contribution in [0.4, 0.5) is 0 Å². The topological polar surface area (TPSA) is 136 Å². The van der Waals surface area contributed by atoms with Gasteiger partial charge in [0.15, 0.2) is 5.79 Å². The number of hydrogen-bond acceptors (Lipinski definition) is 8. The van der Waals surface area contributed by atoms with Gasteiger partial charge in [0.25, 0.3) is 5.91 Å². The summed E-state index contributed by atoms with van der Waals surface area (Å²) in [5.41, 5.74) is 5.35. The smallest absolute Gasteiger partial charge is 0.338 e. The van der Waals surface area contributed by atoms with E-state index in [-0.39, 0.29) is 37.9 Å². The summed E-state index contributed by atoms with van der Waals surface area (Å²) in [5.74, 6) is -1.50. The van der Waals surface area contributed by atoms with Gasteiger partial charge in [-0.3, -0.25) is 9.59 Å². The molecule has 6 atom stereocenters. The van der Waals surface area contributed by atoms with Gasteiger partial charge in [0, 0.05) is 43.5 Å². The number of epoxide rings is 1. The Labute approximate surface area is 296 Å². The SMILES string of the molecule is O=C(NCc1cccc(C(=O)NCCO)c1)C1=CC2OC3(Cc4ccccc4C3)OC2C(OC(=O)c2ccc(C=CC3CCC4OC4C3)cc2)C1. The van der Waals surface area contributed by atoms with E-state index in [9.17, 15) is 14.4 Å². The van der Waals surface area contributed by atoms with Crippen LogP contribution >= 0.6 is 0 Å². The number of carbonyl (C=O) groups excluding carboxylic acids is 3. The van der Waals surface area contributed by atoms with Gasteiger partial charge in [-0.15, -0.1) is 0 Å². The summed E-state index contributed by atoms with van der Waals surface area (Å²) in [6.07, 6.45) is 9.74. The second kappa shape index (κ2) is 14.2. The number of aliphatic hydroxyl groups excluding tert-OH is 1. The van der Waals surface area contributed by atoms with Crippen LogP contribution in [-0.2, 0) is 43.1 Å². The van der Waals surface area contributed by atoms with E-state index in [0.29, 0.717) is 47.7 Å². The third kappa shape index (κ3) is 7.41. The fraction of sp³-hybridized carbons (Fsp3) is 0.390. The van der Waals surface area contributed by atoms with Gasteiger partial charge in [0.05, 0.1) is 24.4 Å². The lowest BCUT2D eigenvalue weighted by atomic mass is 9.89. The molecule has 2 amide bonds. The van der Waals surface area contributed by atoms with Crippen molar-refractivity contribution in [1.82, 2.24) is 10.6 Å². The highest BCUT2D eigenvalue weighted by Gasteiger charge is 2.55. The summed E-state index contributed by atoms with van der Waals surface area (Å²) in [4.78, 5) is 39.6. The van der Waals surface area contributed by atoms with Crippen molar-refractivity contribution >= 4 is 23.9 Å². The van der Waals surface area contributed by atoms with E-state index in [2.05, 4.69) is 34.9 Å². The van der Waals surface area contributed by atoms with Gasteiger partial charge in [0.2, 0.25) is 5.91 Å². The Bertz CT molecular complexity index is 1840. The van der Waals surface area contributed by atoms with E-state index in [1.54, 1.807) is 36.4 Å². The third-order valence-electron chi connectivity index (χ3n) is 10.6. The predicted octanol–water partition coefficient (Wildman–Crippen LogP) is 4.44. The maximum absolute atomic E-state index is 13.6.